The van der Waals surface area contributed by atoms with Crippen molar-refractivity contribution in [3.8, 4) is 5.69 Å². The number of rotatable bonds is 1. The first-order chi connectivity index (χ1) is 9.16. The molecule has 19 heavy (non-hydrogen) atoms. The third-order valence-electron chi connectivity index (χ3n) is 2.90. The normalized spacial score (nSPS) is 10.8. The molecule has 0 bridgehead atoms. The average Bonchev–Trinajstić information content (AvgIpc) is 2.41. The van der Waals surface area contributed by atoms with Gasteiger partial charge >= 0.3 is 0 Å². The highest BCUT2D eigenvalue weighted by atomic mass is 35.5. The van der Waals surface area contributed by atoms with E-state index in [4.69, 9.17) is 23.8 Å². The van der Waals surface area contributed by atoms with Crippen LogP contribution in [-0.2, 0) is 0 Å². The molecule has 1 heterocycles. The minimum absolute atomic E-state index is 0.175. The van der Waals surface area contributed by atoms with E-state index < -0.39 is 0 Å². The van der Waals surface area contributed by atoms with E-state index in [0.717, 1.165) is 11.2 Å². The summed E-state index contributed by atoms with van der Waals surface area (Å²) in [7, 11) is 0. The Kier molecular flexibility index (Phi) is 2.97. The molecule has 0 spiro atoms. The van der Waals surface area contributed by atoms with Crippen LogP contribution in [0.4, 0.5) is 0 Å². The quantitative estimate of drug-likeness (QED) is 0.693. The molecular formula is C14H9ClN2OS. The monoisotopic (exact) mass is 288 g/mol. The Morgan fingerprint density at radius 1 is 1.05 bits per heavy atom. The lowest BCUT2D eigenvalue weighted by atomic mass is 10.2. The Morgan fingerprint density at radius 2 is 1.74 bits per heavy atom. The average molecular weight is 289 g/mol. The second kappa shape index (κ2) is 4.64. The van der Waals surface area contributed by atoms with Crippen LogP contribution in [0, 0.1) is 4.77 Å². The van der Waals surface area contributed by atoms with E-state index >= 15 is 0 Å². The van der Waals surface area contributed by atoms with Gasteiger partial charge in [-0.15, -0.1) is 0 Å². The molecule has 3 aromatic rings. The van der Waals surface area contributed by atoms with Gasteiger partial charge in [0.1, 0.15) is 0 Å². The topological polar surface area (TPSA) is 37.8 Å². The van der Waals surface area contributed by atoms with Crippen LogP contribution in [0.3, 0.4) is 0 Å². The van der Waals surface area contributed by atoms with Gasteiger partial charge < -0.3 is 0 Å². The highest BCUT2D eigenvalue weighted by Gasteiger charge is 2.06. The number of aromatic amines is 1. The standard InChI is InChI=1S/C14H9ClN2OS/c15-9-5-7-10(8-6-9)17-12-4-2-1-3-11(12)13(18)16-14(17)19/h1-8H,(H,16,18,19). The van der Waals surface area contributed by atoms with E-state index in [1.54, 1.807) is 18.2 Å². The molecule has 0 amide bonds. The maximum atomic E-state index is 11.9. The van der Waals surface area contributed by atoms with Crippen LogP contribution in [0.25, 0.3) is 16.6 Å². The summed E-state index contributed by atoms with van der Waals surface area (Å²) in [6.07, 6.45) is 0. The van der Waals surface area contributed by atoms with E-state index in [9.17, 15) is 4.79 Å². The van der Waals surface area contributed by atoms with Gasteiger partial charge in [-0.25, -0.2) is 0 Å². The third-order valence-corrected chi connectivity index (χ3v) is 3.43. The molecule has 0 saturated heterocycles. The summed E-state index contributed by atoms with van der Waals surface area (Å²) >= 11 is 11.1. The van der Waals surface area contributed by atoms with Gasteiger partial charge in [-0.2, -0.15) is 0 Å². The molecule has 0 aliphatic heterocycles. The molecular weight excluding hydrogens is 280 g/mol. The summed E-state index contributed by atoms with van der Waals surface area (Å²) in [5, 5.41) is 1.26. The lowest BCUT2D eigenvalue weighted by molar-refractivity contribution is 0.989. The first-order valence-corrected chi connectivity index (χ1v) is 6.45. The van der Waals surface area contributed by atoms with Gasteiger partial charge in [0.2, 0.25) is 0 Å². The predicted octanol–water partition coefficient (Wildman–Crippen LogP) is 3.70. The molecule has 0 radical (unpaired) electrons. The molecule has 0 saturated carbocycles. The van der Waals surface area contributed by atoms with Crippen molar-refractivity contribution in [2.75, 3.05) is 0 Å². The largest absolute Gasteiger partial charge is 0.298 e. The number of benzene rings is 2. The van der Waals surface area contributed by atoms with Crippen molar-refractivity contribution in [3.05, 3.63) is 68.7 Å². The Hall–Kier alpha value is -1.91. The van der Waals surface area contributed by atoms with E-state index in [0.29, 0.717) is 15.2 Å². The maximum Gasteiger partial charge on any atom is 0.259 e. The summed E-state index contributed by atoms with van der Waals surface area (Å²) < 4.78 is 2.19. The van der Waals surface area contributed by atoms with Crippen molar-refractivity contribution in [1.29, 1.82) is 0 Å². The van der Waals surface area contributed by atoms with Crippen molar-refractivity contribution in [2.24, 2.45) is 0 Å². The highest BCUT2D eigenvalue weighted by molar-refractivity contribution is 7.71. The summed E-state index contributed by atoms with van der Waals surface area (Å²) in [5.74, 6) is 0. The van der Waals surface area contributed by atoms with Crippen molar-refractivity contribution >= 4 is 34.7 Å². The van der Waals surface area contributed by atoms with Gasteiger partial charge in [0.05, 0.1) is 10.9 Å². The van der Waals surface area contributed by atoms with Gasteiger partial charge in [-0.3, -0.25) is 14.3 Å². The highest BCUT2D eigenvalue weighted by Crippen LogP contribution is 2.18. The zero-order valence-corrected chi connectivity index (χ0v) is 11.3. The van der Waals surface area contributed by atoms with Crippen LogP contribution in [0.15, 0.2) is 53.3 Å². The summed E-state index contributed by atoms with van der Waals surface area (Å²) in [6, 6.07) is 14.7. The molecule has 0 aliphatic rings. The fraction of sp³-hybridized carbons (Fsp3) is 0. The Balaban J connectivity index is 2.44. The van der Waals surface area contributed by atoms with Crippen LogP contribution < -0.4 is 5.56 Å². The molecule has 3 rings (SSSR count). The molecule has 2 aromatic carbocycles. The van der Waals surface area contributed by atoms with E-state index in [1.807, 2.05) is 34.9 Å². The minimum Gasteiger partial charge on any atom is -0.298 e. The second-order valence-electron chi connectivity index (χ2n) is 4.09. The number of nitrogens with zero attached hydrogens (tertiary/aromatic N) is 1. The van der Waals surface area contributed by atoms with Gasteiger partial charge in [0.15, 0.2) is 4.77 Å². The van der Waals surface area contributed by atoms with E-state index in [1.165, 1.54) is 0 Å². The number of hydrogen-bond donors (Lipinski definition) is 1. The van der Waals surface area contributed by atoms with Crippen LogP contribution in [0.2, 0.25) is 5.02 Å². The van der Waals surface area contributed by atoms with Gasteiger partial charge in [0, 0.05) is 10.7 Å². The van der Waals surface area contributed by atoms with Crippen molar-refractivity contribution in [2.45, 2.75) is 0 Å². The smallest absolute Gasteiger partial charge is 0.259 e. The van der Waals surface area contributed by atoms with Crippen LogP contribution in [0.1, 0.15) is 0 Å². The van der Waals surface area contributed by atoms with Crippen LogP contribution >= 0.6 is 23.8 Å². The molecule has 0 atom stereocenters. The van der Waals surface area contributed by atoms with Crippen molar-refractivity contribution < 1.29 is 0 Å². The SMILES string of the molecule is O=c1[nH]c(=S)n(-c2ccc(Cl)cc2)c2ccccc12. The number of fused-ring (bicyclic) bond motifs is 1. The molecule has 5 heteroatoms. The zero-order chi connectivity index (χ0) is 13.4. The van der Waals surface area contributed by atoms with E-state index in [2.05, 4.69) is 4.98 Å². The lowest BCUT2D eigenvalue weighted by Gasteiger charge is -2.10. The van der Waals surface area contributed by atoms with Crippen LogP contribution in [0.5, 0.6) is 0 Å². The summed E-state index contributed by atoms with van der Waals surface area (Å²) in [4.78, 5) is 14.6. The lowest BCUT2D eigenvalue weighted by Crippen LogP contribution is -2.13. The molecule has 1 N–H and O–H groups in total. The van der Waals surface area contributed by atoms with Crippen molar-refractivity contribution in [1.82, 2.24) is 9.55 Å². The second-order valence-corrected chi connectivity index (χ2v) is 4.91. The summed E-state index contributed by atoms with van der Waals surface area (Å²) in [6.45, 7) is 0. The maximum absolute atomic E-state index is 11.9. The molecule has 0 unspecified atom stereocenters. The number of nitrogens with one attached hydrogen (secondary N) is 1. The van der Waals surface area contributed by atoms with E-state index in [-0.39, 0.29) is 5.56 Å². The van der Waals surface area contributed by atoms with Gasteiger partial charge in [-0.05, 0) is 48.6 Å². The Morgan fingerprint density at radius 3 is 2.47 bits per heavy atom. The van der Waals surface area contributed by atoms with Crippen LogP contribution in [-0.4, -0.2) is 9.55 Å². The predicted molar refractivity (Wildman–Crippen MR) is 79.7 cm³/mol. The number of hydrogen-bond acceptors (Lipinski definition) is 2. The molecule has 3 nitrogen and oxygen atoms in total. The first-order valence-electron chi connectivity index (χ1n) is 5.67. The fourth-order valence-electron chi connectivity index (χ4n) is 2.04. The first kappa shape index (κ1) is 12.1. The number of para-hydroxylation sites is 1. The number of H-pyrrole nitrogens is 1. The fourth-order valence-corrected chi connectivity index (χ4v) is 2.46. The minimum atomic E-state index is -0.175. The summed E-state index contributed by atoms with van der Waals surface area (Å²) in [5.41, 5.74) is 1.46. The van der Waals surface area contributed by atoms with Gasteiger partial charge in [-0.1, -0.05) is 23.7 Å². The third kappa shape index (κ3) is 2.09. The Labute approximate surface area is 119 Å². The number of halogens is 1. The van der Waals surface area contributed by atoms with Gasteiger partial charge in [0.25, 0.3) is 5.56 Å². The molecule has 0 aliphatic carbocycles. The number of aromatic nitrogens is 2. The zero-order valence-electron chi connectivity index (χ0n) is 9.76. The van der Waals surface area contributed by atoms with Crippen molar-refractivity contribution in [3.63, 3.8) is 0 Å². The Bertz CT molecular complexity index is 865. The molecule has 94 valence electrons. The molecule has 0 fully saturated rings. The molecule has 1 aromatic heterocycles.